The molecule has 0 radical (unpaired) electrons. The maximum absolute atomic E-state index is 11.8. The number of rotatable bonds is 6. The highest BCUT2D eigenvalue weighted by molar-refractivity contribution is 7.11. The number of hydrogen-bond donors (Lipinski definition) is 2. The van der Waals surface area contributed by atoms with Gasteiger partial charge in [-0.1, -0.05) is 13.8 Å². The molecule has 0 unspecified atom stereocenters. The van der Waals surface area contributed by atoms with E-state index in [4.69, 9.17) is 0 Å². The summed E-state index contributed by atoms with van der Waals surface area (Å²) in [7, 11) is 0. The number of nitrogens with zero attached hydrogens (tertiary/aromatic N) is 3. The van der Waals surface area contributed by atoms with Gasteiger partial charge in [0.05, 0.1) is 5.01 Å². The molecule has 0 spiro atoms. The molecular formula is C13H19N5OS2. The minimum absolute atomic E-state index is 0.194. The number of thiazole rings is 1. The Kier molecular flexibility index (Phi) is 5.63. The third kappa shape index (κ3) is 4.75. The lowest BCUT2D eigenvalue weighted by molar-refractivity contribution is 0.251. The highest BCUT2D eigenvalue weighted by Gasteiger charge is 2.12. The van der Waals surface area contributed by atoms with E-state index in [0.29, 0.717) is 11.7 Å². The van der Waals surface area contributed by atoms with Crippen LogP contribution in [-0.2, 0) is 6.42 Å². The van der Waals surface area contributed by atoms with Crippen LogP contribution in [0.2, 0.25) is 0 Å². The first-order chi connectivity index (χ1) is 10.1. The molecule has 8 heteroatoms. The minimum atomic E-state index is -0.255. The van der Waals surface area contributed by atoms with Gasteiger partial charge in [0.1, 0.15) is 5.82 Å². The summed E-state index contributed by atoms with van der Waals surface area (Å²) >= 11 is 2.87. The van der Waals surface area contributed by atoms with Crippen LogP contribution in [-0.4, -0.2) is 26.9 Å². The van der Waals surface area contributed by atoms with Gasteiger partial charge in [-0.15, -0.1) is 11.3 Å². The summed E-state index contributed by atoms with van der Waals surface area (Å²) in [5.74, 6) is 0.976. The van der Waals surface area contributed by atoms with Gasteiger partial charge in [-0.25, -0.2) is 14.8 Å². The highest BCUT2D eigenvalue weighted by atomic mass is 32.1. The van der Waals surface area contributed by atoms with Crippen LogP contribution in [0.3, 0.4) is 0 Å². The molecule has 1 atom stereocenters. The topological polar surface area (TPSA) is 79.8 Å². The van der Waals surface area contributed by atoms with Gasteiger partial charge in [-0.05, 0) is 13.3 Å². The van der Waals surface area contributed by atoms with Crippen molar-refractivity contribution >= 4 is 34.0 Å². The Labute approximate surface area is 132 Å². The zero-order valence-electron chi connectivity index (χ0n) is 12.3. The van der Waals surface area contributed by atoms with E-state index >= 15 is 0 Å². The van der Waals surface area contributed by atoms with Gasteiger partial charge in [0, 0.05) is 41.5 Å². The summed E-state index contributed by atoms with van der Waals surface area (Å²) in [4.78, 5) is 21.6. The van der Waals surface area contributed by atoms with Crippen molar-refractivity contribution in [1.82, 2.24) is 19.7 Å². The fraction of sp³-hybridized carbons (Fsp3) is 0.538. The Hall–Kier alpha value is -1.54. The monoisotopic (exact) mass is 325 g/mol. The smallest absolute Gasteiger partial charge is 0.321 e. The Morgan fingerprint density at radius 1 is 1.48 bits per heavy atom. The van der Waals surface area contributed by atoms with Gasteiger partial charge in [-0.3, -0.25) is 5.32 Å². The van der Waals surface area contributed by atoms with Crippen LogP contribution >= 0.6 is 22.9 Å². The number of carbonyl (C=O) groups is 1. The summed E-state index contributed by atoms with van der Waals surface area (Å²) in [6, 6.07) is -0.255. The van der Waals surface area contributed by atoms with Crippen molar-refractivity contribution in [3.05, 3.63) is 21.9 Å². The molecule has 2 aromatic rings. The van der Waals surface area contributed by atoms with Crippen molar-refractivity contribution in [2.45, 2.75) is 39.5 Å². The number of nitrogens with one attached hydrogen (secondary N) is 2. The van der Waals surface area contributed by atoms with Crippen molar-refractivity contribution in [3.8, 4) is 0 Å². The zero-order valence-corrected chi connectivity index (χ0v) is 14.0. The number of aryl methyl sites for hydroxylation is 2. The van der Waals surface area contributed by atoms with Crippen LogP contribution in [0, 0.1) is 6.92 Å². The van der Waals surface area contributed by atoms with Gasteiger partial charge in [0.15, 0.2) is 0 Å². The maximum Gasteiger partial charge on any atom is 0.321 e. The molecule has 0 aliphatic heterocycles. The average Bonchev–Trinajstić information content (AvgIpc) is 3.06. The number of hydrogen-bond acceptors (Lipinski definition) is 6. The number of amides is 2. The van der Waals surface area contributed by atoms with Crippen LogP contribution in [0.4, 0.5) is 9.93 Å². The molecule has 114 valence electrons. The van der Waals surface area contributed by atoms with Crippen molar-refractivity contribution < 1.29 is 4.79 Å². The Bertz CT molecular complexity index is 595. The molecule has 0 aliphatic rings. The fourth-order valence-corrected chi connectivity index (χ4v) is 3.14. The normalized spacial score (nSPS) is 12.1. The summed E-state index contributed by atoms with van der Waals surface area (Å²) < 4.78 is 4.18. The molecule has 6 nitrogen and oxygen atoms in total. The molecule has 0 aromatic carbocycles. The predicted octanol–water partition coefficient (Wildman–Crippen LogP) is 3.18. The molecule has 2 N–H and O–H groups in total. The number of anilines is 1. The van der Waals surface area contributed by atoms with Gasteiger partial charge >= 0.3 is 6.03 Å². The summed E-state index contributed by atoms with van der Waals surface area (Å²) in [6.45, 7) is 6.68. The highest BCUT2D eigenvalue weighted by Crippen LogP contribution is 2.20. The van der Waals surface area contributed by atoms with Crippen LogP contribution in [0.5, 0.6) is 0 Å². The molecule has 2 heterocycles. The molecular weight excluding hydrogens is 306 g/mol. The second-order valence-corrected chi connectivity index (χ2v) is 6.83. The van der Waals surface area contributed by atoms with E-state index in [2.05, 4.69) is 31.9 Å². The van der Waals surface area contributed by atoms with Gasteiger partial charge in [0.25, 0.3) is 0 Å². The first-order valence-corrected chi connectivity index (χ1v) is 8.47. The molecule has 21 heavy (non-hydrogen) atoms. The molecule has 2 amide bonds. The average molecular weight is 325 g/mol. The van der Waals surface area contributed by atoms with Crippen molar-refractivity contribution in [2.75, 3.05) is 11.9 Å². The van der Waals surface area contributed by atoms with E-state index in [-0.39, 0.29) is 11.9 Å². The second-order valence-electron chi connectivity index (χ2n) is 4.81. The Morgan fingerprint density at radius 3 is 2.95 bits per heavy atom. The molecule has 2 aromatic heterocycles. The third-order valence-corrected chi connectivity index (χ3v) is 4.60. The van der Waals surface area contributed by atoms with Crippen LogP contribution in [0.1, 0.15) is 41.9 Å². The number of urea groups is 1. The van der Waals surface area contributed by atoms with Crippen LogP contribution < -0.4 is 10.6 Å². The lowest BCUT2D eigenvalue weighted by Crippen LogP contribution is -2.31. The quantitative estimate of drug-likeness (QED) is 0.855. The SMILES string of the molecule is CCCc1nsc(NC(=O)NC[C@H](C)c2ncc(C)s2)n1. The van der Waals surface area contributed by atoms with Crippen LogP contribution in [0.15, 0.2) is 6.20 Å². The lowest BCUT2D eigenvalue weighted by atomic mass is 10.2. The predicted molar refractivity (Wildman–Crippen MR) is 86.2 cm³/mol. The maximum atomic E-state index is 11.8. The van der Waals surface area contributed by atoms with Crippen molar-refractivity contribution in [2.24, 2.45) is 0 Å². The second kappa shape index (κ2) is 7.46. The Morgan fingerprint density at radius 2 is 2.29 bits per heavy atom. The molecule has 2 rings (SSSR count). The van der Waals surface area contributed by atoms with E-state index in [1.807, 2.05) is 20.0 Å². The molecule has 0 saturated carbocycles. The summed E-state index contributed by atoms with van der Waals surface area (Å²) in [6.07, 6.45) is 3.68. The van der Waals surface area contributed by atoms with Crippen molar-refractivity contribution in [1.29, 1.82) is 0 Å². The van der Waals surface area contributed by atoms with E-state index in [9.17, 15) is 4.79 Å². The number of aromatic nitrogens is 3. The summed E-state index contributed by atoms with van der Waals surface area (Å²) in [5.41, 5.74) is 0. The zero-order chi connectivity index (χ0) is 15.2. The standard InChI is InChI=1S/C13H19N5OS2/c1-4-5-10-16-13(21-18-10)17-12(19)15-6-8(2)11-14-7-9(3)20-11/h7-8H,4-6H2,1-3H3,(H2,15,16,17,18,19)/t8-/m0/s1. The van der Waals surface area contributed by atoms with E-state index in [0.717, 1.165) is 23.7 Å². The van der Waals surface area contributed by atoms with E-state index in [1.165, 1.54) is 16.4 Å². The third-order valence-electron chi connectivity index (χ3n) is 2.79. The fourth-order valence-electron chi connectivity index (χ4n) is 1.70. The van der Waals surface area contributed by atoms with Crippen LogP contribution in [0.25, 0.3) is 0 Å². The lowest BCUT2D eigenvalue weighted by Gasteiger charge is -2.09. The minimum Gasteiger partial charge on any atom is -0.337 e. The van der Waals surface area contributed by atoms with Gasteiger partial charge in [0.2, 0.25) is 5.13 Å². The molecule has 0 saturated heterocycles. The molecule has 0 fully saturated rings. The van der Waals surface area contributed by atoms with E-state index in [1.54, 1.807) is 11.3 Å². The first kappa shape index (κ1) is 15.8. The Balaban J connectivity index is 1.78. The first-order valence-electron chi connectivity index (χ1n) is 6.88. The summed E-state index contributed by atoms with van der Waals surface area (Å²) in [5, 5.41) is 7.12. The van der Waals surface area contributed by atoms with E-state index < -0.39 is 0 Å². The largest absolute Gasteiger partial charge is 0.337 e. The number of carbonyl (C=O) groups excluding carboxylic acids is 1. The molecule has 0 aliphatic carbocycles. The van der Waals surface area contributed by atoms with Crippen molar-refractivity contribution in [3.63, 3.8) is 0 Å². The molecule has 0 bridgehead atoms. The van der Waals surface area contributed by atoms with Gasteiger partial charge < -0.3 is 5.32 Å². The van der Waals surface area contributed by atoms with Gasteiger partial charge in [-0.2, -0.15) is 4.37 Å².